The molecule has 2 rings (SSSR count). The molecule has 4 heteroatoms. The monoisotopic (exact) mass is 223 g/mol. The Labute approximate surface area is 93.2 Å². The molecule has 1 N–H and O–H groups in total. The fourth-order valence-corrected chi connectivity index (χ4v) is 2.80. The first kappa shape index (κ1) is 10.5. The van der Waals surface area contributed by atoms with Crippen LogP contribution in [0.3, 0.4) is 0 Å². The van der Waals surface area contributed by atoms with Crippen LogP contribution < -0.4 is 5.32 Å². The molecule has 80 valence electrons. The molecule has 0 unspecified atom stereocenters. The quantitative estimate of drug-likeness (QED) is 0.772. The zero-order valence-corrected chi connectivity index (χ0v) is 9.29. The highest BCUT2D eigenvalue weighted by Gasteiger charge is 2.30. The van der Waals surface area contributed by atoms with Crippen LogP contribution in [0.4, 0.5) is 0 Å². The molecule has 1 aromatic carbocycles. The van der Waals surface area contributed by atoms with E-state index in [1.165, 1.54) is 12.7 Å². The maximum atomic E-state index is 11.3. The van der Waals surface area contributed by atoms with Gasteiger partial charge in [-0.3, -0.25) is 10.1 Å². The Bertz CT molecular complexity index is 342. The predicted octanol–water partition coefficient (Wildman–Crippen LogP) is 1.56. The topological polar surface area (TPSA) is 38.3 Å². The van der Waals surface area contributed by atoms with Crippen LogP contribution >= 0.6 is 11.8 Å². The van der Waals surface area contributed by atoms with Gasteiger partial charge >= 0.3 is 5.97 Å². The Kier molecular flexibility index (Phi) is 3.28. The third-order valence-corrected chi connectivity index (χ3v) is 3.64. The fourth-order valence-electron chi connectivity index (χ4n) is 1.57. The number of hydrogen-bond donors (Lipinski definition) is 1. The number of methoxy groups -OCH3 is 1. The SMILES string of the molecule is COC(=O)[C@@H]1CS[C@H](c2ccccc2)N1. The number of carbonyl (C=O) groups excluding carboxylic acids is 1. The highest BCUT2D eigenvalue weighted by molar-refractivity contribution is 7.99. The van der Waals surface area contributed by atoms with Crippen LogP contribution in [0.15, 0.2) is 30.3 Å². The maximum absolute atomic E-state index is 11.3. The number of carbonyl (C=O) groups is 1. The van der Waals surface area contributed by atoms with Gasteiger partial charge in [-0.05, 0) is 5.56 Å². The van der Waals surface area contributed by atoms with Crippen LogP contribution in [0.1, 0.15) is 10.9 Å². The molecule has 0 aromatic heterocycles. The minimum Gasteiger partial charge on any atom is -0.468 e. The first-order chi connectivity index (χ1) is 7.31. The van der Waals surface area contributed by atoms with E-state index in [1.54, 1.807) is 11.8 Å². The second kappa shape index (κ2) is 4.68. The van der Waals surface area contributed by atoms with Crippen LogP contribution in [-0.2, 0) is 9.53 Å². The van der Waals surface area contributed by atoms with E-state index in [9.17, 15) is 4.79 Å². The number of esters is 1. The van der Waals surface area contributed by atoms with Crippen molar-refractivity contribution >= 4 is 17.7 Å². The van der Waals surface area contributed by atoms with E-state index < -0.39 is 0 Å². The van der Waals surface area contributed by atoms with Gasteiger partial charge in [0.05, 0.1) is 12.5 Å². The molecule has 0 amide bonds. The van der Waals surface area contributed by atoms with Crippen molar-refractivity contribution in [2.75, 3.05) is 12.9 Å². The maximum Gasteiger partial charge on any atom is 0.323 e. The summed E-state index contributed by atoms with van der Waals surface area (Å²) in [7, 11) is 1.42. The van der Waals surface area contributed by atoms with Gasteiger partial charge in [-0.25, -0.2) is 0 Å². The summed E-state index contributed by atoms with van der Waals surface area (Å²) in [5.74, 6) is 0.590. The van der Waals surface area contributed by atoms with Crippen LogP contribution in [0.2, 0.25) is 0 Å². The molecule has 15 heavy (non-hydrogen) atoms. The number of benzene rings is 1. The Morgan fingerprint density at radius 2 is 2.20 bits per heavy atom. The Hall–Kier alpha value is -1.00. The van der Waals surface area contributed by atoms with Gasteiger partial charge in [0.2, 0.25) is 0 Å². The summed E-state index contributed by atoms with van der Waals surface area (Å²) in [5, 5.41) is 3.45. The first-order valence-electron chi connectivity index (χ1n) is 4.81. The Balaban J connectivity index is 2.02. The number of thioether (sulfide) groups is 1. The molecular weight excluding hydrogens is 210 g/mol. The predicted molar refractivity (Wildman–Crippen MR) is 60.6 cm³/mol. The zero-order chi connectivity index (χ0) is 10.7. The van der Waals surface area contributed by atoms with Gasteiger partial charge in [0.1, 0.15) is 6.04 Å². The highest BCUT2D eigenvalue weighted by Crippen LogP contribution is 2.32. The molecule has 1 aromatic rings. The number of rotatable bonds is 2. The third-order valence-electron chi connectivity index (χ3n) is 2.37. The number of nitrogens with one attached hydrogen (secondary N) is 1. The molecule has 0 radical (unpaired) electrons. The number of ether oxygens (including phenoxy) is 1. The van der Waals surface area contributed by atoms with Crippen molar-refractivity contribution in [3.63, 3.8) is 0 Å². The van der Waals surface area contributed by atoms with Gasteiger partial charge in [-0.1, -0.05) is 30.3 Å². The standard InChI is InChI=1S/C11H13NO2S/c1-14-11(13)9-7-15-10(12-9)8-5-3-2-4-6-8/h2-6,9-10,12H,7H2,1H3/t9-,10+/m0/s1. The lowest BCUT2D eigenvalue weighted by Gasteiger charge is -2.11. The number of hydrogen-bond acceptors (Lipinski definition) is 4. The average Bonchev–Trinajstić information content (AvgIpc) is 2.78. The molecule has 3 nitrogen and oxygen atoms in total. The Morgan fingerprint density at radius 3 is 2.87 bits per heavy atom. The molecule has 1 fully saturated rings. The summed E-state index contributed by atoms with van der Waals surface area (Å²) in [6.45, 7) is 0. The summed E-state index contributed by atoms with van der Waals surface area (Å²) in [5.41, 5.74) is 1.20. The summed E-state index contributed by atoms with van der Waals surface area (Å²) < 4.78 is 4.70. The lowest BCUT2D eigenvalue weighted by Crippen LogP contribution is -2.34. The van der Waals surface area contributed by atoms with Crippen molar-refractivity contribution in [2.45, 2.75) is 11.4 Å². The van der Waals surface area contributed by atoms with E-state index >= 15 is 0 Å². The smallest absolute Gasteiger partial charge is 0.323 e. The van der Waals surface area contributed by atoms with E-state index in [1.807, 2.05) is 18.2 Å². The molecule has 1 heterocycles. The van der Waals surface area contributed by atoms with Gasteiger partial charge in [0.25, 0.3) is 0 Å². The van der Waals surface area contributed by atoms with Crippen LogP contribution in [0, 0.1) is 0 Å². The minimum absolute atomic E-state index is 0.176. The van der Waals surface area contributed by atoms with Gasteiger partial charge in [-0.15, -0.1) is 11.8 Å². The van der Waals surface area contributed by atoms with Crippen molar-refractivity contribution in [1.82, 2.24) is 5.32 Å². The van der Waals surface area contributed by atoms with E-state index in [0.717, 1.165) is 5.75 Å². The summed E-state index contributed by atoms with van der Waals surface area (Å²) in [6, 6.07) is 9.94. The highest BCUT2D eigenvalue weighted by atomic mass is 32.2. The van der Waals surface area contributed by atoms with Crippen molar-refractivity contribution < 1.29 is 9.53 Å². The Morgan fingerprint density at radius 1 is 1.47 bits per heavy atom. The van der Waals surface area contributed by atoms with Gasteiger partial charge in [-0.2, -0.15) is 0 Å². The van der Waals surface area contributed by atoms with Crippen LogP contribution in [-0.4, -0.2) is 24.9 Å². The van der Waals surface area contributed by atoms with Crippen LogP contribution in [0.25, 0.3) is 0 Å². The van der Waals surface area contributed by atoms with Crippen LogP contribution in [0.5, 0.6) is 0 Å². The van der Waals surface area contributed by atoms with Gasteiger partial charge < -0.3 is 4.74 Å². The summed E-state index contributed by atoms with van der Waals surface area (Å²) in [6.07, 6.45) is 0. The summed E-state index contributed by atoms with van der Waals surface area (Å²) >= 11 is 1.74. The lowest BCUT2D eigenvalue weighted by atomic mass is 10.2. The molecule has 2 atom stereocenters. The molecule has 1 aliphatic rings. The molecule has 0 bridgehead atoms. The second-order valence-corrected chi connectivity index (χ2v) is 4.50. The zero-order valence-electron chi connectivity index (χ0n) is 8.47. The van der Waals surface area contributed by atoms with E-state index in [4.69, 9.17) is 4.74 Å². The van der Waals surface area contributed by atoms with Gasteiger partial charge in [0.15, 0.2) is 0 Å². The van der Waals surface area contributed by atoms with E-state index in [0.29, 0.717) is 0 Å². The molecule has 1 aliphatic heterocycles. The molecule has 1 saturated heterocycles. The average molecular weight is 223 g/mol. The largest absolute Gasteiger partial charge is 0.468 e. The van der Waals surface area contributed by atoms with Gasteiger partial charge in [0, 0.05) is 5.75 Å². The fraction of sp³-hybridized carbons (Fsp3) is 0.364. The van der Waals surface area contributed by atoms with Crippen molar-refractivity contribution in [3.8, 4) is 0 Å². The van der Waals surface area contributed by atoms with E-state index in [2.05, 4.69) is 17.4 Å². The normalized spacial score (nSPS) is 25.1. The molecular formula is C11H13NO2S. The van der Waals surface area contributed by atoms with Crippen molar-refractivity contribution in [1.29, 1.82) is 0 Å². The summed E-state index contributed by atoms with van der Waals surface area (Å²) in [4.78, 5) is 11.3. The van der Waals surface area contributed by atoms with Crippen molar-refractivity contribution in [3.05, 3.63) is 35.9 Å². The molecule has 0 saturated carbocycles. The lowest BCUT2D eigenvalue weighted by molar-refractivity contribution is -0.142. The van der Waals surface area contributed by atoms with Crippen molar-refractivity contribution in [2.24, 2.45) is 0 Å². The molecule has 0 aliphatic carbocycles. The third kappa shape index (κ3) is 2.33. The molecule has 0 spiro atoms. The van der Waals surface area contributed by atoms with E-state index in [-0.39, 0.29) is 17.4 Å². The second-order valence-electron chi connectivity index (χ2n) is 3.37. The minimum atomic E-state index is -0.180. The first-order valence-corrected chi connectivity index (χ1v) is 5.86.